The monoisotopic (exact) mass is 120 g/mol. The summed E-state index contributed by atoms with van der Waals surface area (Å²) in [7, 11) is 0. The highest BCUT2D eigenvalue weighted by Gasteiger charge is 2.26. The summed E-state index contributed by atoms with van der Waals surface area (Å²) in [5.41, 5.74) is 1.67. The highest BCUT2D eigenvalue weighted by molar-refractivity contribution is 5.29. The molecule has 0 unspecified atom stereocenters. The first-order chi connectivity index (χ1) is 4.40. The lowest BCUT2D eigenvalue weighted by Gasteiger charge is -2.04. The van der Waals surface area contributed by atoms with Gasteiger partial charge in [-0.2, -0.15) is 0 Å². The van der Waals surface area contributed by atoms with Crippen molar-refractivity contribution >= 4 is 0 Å². The van der Waals surface area contributed by atoms with E-state index < -0.39 is 0 Å². The van der Waals surface area contributed by atoms with Crippen LogP contribution in [-0.2, 0) is 0 Å². The lowest BCUT2D eigenvalue weighted by molar-refractivity contribution is 0.701. The maximum atomic E-state index is 2.44. The predicted octanol–water partition coefficient (Wildman–Crippen LogP) is 2.53. The molecule has 0 amide bonds. The van der Waals surface area contributed by atoms with Crippen molar-refractivity contribution in [2.45, 2.75) is 19.8 Å². The van der Waals surface area contributed by atoms with Crippen molar-refractivity contribution in [1.82, 2.24) is 0 Å². The molecular weight excluding hydrogens is 108 g/mol. The van der Waals surface area contributed by atoms with Crippen molar-refractivity contribution in [2.24, 2.45) is 11.8 Å². The molecule has 0 radical (unpaired) electrons. The summed E-state index contributed by atoms with van der Waals surface area (Å²) in [6, 6.07) is 0. The lowest BCUT2D eigenvalue weighted by atomic mass is 10.0. The first-order valence-corrected chi connectivity index (χ1v) is 3.79. The minimum atomic E-state index is 0.810. The van der Waals surface area contributed by atoms with Crippen molar-refractivity contribution in [3.05, 3.63) is 23.8 Å². The van der Waals surface area contributed by atoms with Crippen molar-refractivity contribution < 1.29 is 0 Å². The summed E-state index contributed by atoms with van der Waals surface area (Å²) < 4.78 is 0. The average molecular weight is 120 g/mol. The fourth-order valence-corrected chi connectivity index (χ4v) is 1.90. The number of hydrogen-bond donors (Lipinski definition) is 0. The average Bonchev–Trinajstić information content (AvgIpc) is 2.45. The zero-order valence-corrected chi connectivity index (χ0v) is 5.80. The molecule has 2 atom stereocenters. The number of fused-ring (bicyclic) bond motifs is 2. The van der Waals surface area contributed by atoms with E-state index in [0.717, 1.165) is 11.8 Å². The molecule has 0 spiro atoms. The van der Waals surface area contributed by atoms with E-state index >= 15 is 0 Å². The van der Waals surface area contributed by atoms with Gasteiger partial charge >= 0.3 is 0 Å². The Morgan fingerprint density at radius 3 is 2.78 bits per heavy atom. The third-order valence-electron chi connectivity index (χ3n) is 2.43. The van der Waals surface area contributed by atoms with E-state index in [4.69, 9.17) is 0 Å². The first kappa shape index (κ1) is 5.28. The minimum absolute atomic E-state index is 0.810. The first-order valence-electron chi connectivity index (χ1n) is 3.79. The van der Waals surface area contributed by atoms with Gasteiger partial charge < -0.3 is 0 Å². The molecule has 0 aromatic rings. The highest BCUT2D eigenvalue weighted by Crippen LogP contribution is 2.39. The largest absolute Gasteiger partial charge is 0.0810 e. The maximum Gasteiger partial charge on any atom is -0.00144 e. The van der Waals surface area contributed by atoms with Gasteiger partial charge in [-0.05, 0) is 24.7 Å². The molecule has 0 aromatic carbocycles. The molecule has 9 heavy (non-hydrogen) atoms. The van der Waals surface area contributed by atoms with Crippen LogP contribution in [-0.4, -0.2) is 0 Å². The fourth-order valence-electron chi connectivity index (χ4n) is 1.90. The van der Waals surface area contributed by atoms with Crippen LogP contribution in [0.4, 0.5) is 0 Å². The molecule has 48 valence electrons. The molecule has 0 saturated carbocycles. The van der Waals surface area contributed by atoms with Crippen molar-refractivity contribution in [3.8, 4) is 0 Å². The second-order valence-electron chi connectivity index (χ2n) is 2.99. The van der Waals surface area contributed by atoms with Gasteiger partial charge in [-0.25, -0.2) is 0 Å². The molecule has 0 aliphatic heterocycles. The predicted molar refractivity (Wildman–Crippen MR) is 39.1 cm³/mol. The molecule has 0 N–H and O–H groups in total. The molecular formula is C9H12. The Balaban J connectivity index is 2.22. The maximum absolute atomic E-state index is 2.44. The highest BCUT2D eigenvalue weighted by atomic mass is 14.3. The van der Waals surface area contributed by atoms with Crippen LogP contribution in [0, 0.1) is 11.8 Å². The van der Waals surface area contributed by atoms with Crippen LogP contribution in [0.25, 0.3) is 0 Å². The van der Waals surface area contributed by atoms with Crippen LogP contribution in [0.1, 0.15) is 19.8 Å². The summed E-state index contributed by atoms with van der Waals surface area (Å²) in [6.07, 6.45) is 9.77. The number of allylic oxidation sites excluding steroid dienone is 4. The Morgan fingerprint density at radius 1 is 1.56 bits per heavy atom. The Morgan fingerprint density at radius 2 is 2.44 bits per heavy atom. The summed E-state index contributed by atoms with van der Waals surface area (Å²) in [6.45, 7) is 2.25. The summed E-state index contributed by atoms with van der Waals surface area (Å²) in [5, 5.41) is 0. The molecule has 0 fully saturated rings. The number of hydrogen-bond acceptors (Lipinski definition) is 0. The molecule has 2 bridgehead atoms. The zero-order valence-electron chi connectivity index (χ0n) is 5.80. The van der Waals surface area contributed by atoms with E-state index in [0.29, 0.717) is 0 Å². The molecule has 2 aliphatic rings. The summed E-state index contributed by atoms with van der Waals surface area (Å²) >= 11 is 0. The van der Waals surface area contributed by atoms with Crippen LogP contribution in [0.3, 0.4) is 0 Å². The van der Waals surface area contributed by atoms with Gasteiger partial charge in [0.05, 0.1) is 0 Å². The van der Waals surface area contributed by atoms with Crippen LogP contribution in [0.5, 0.6) is 0 Å². The summed E-state index contributed by atoms with van der Waals surface area (Å²) in [4.78, 5) is 0. The van der Waals surface area contributed by atoms with Crippen LogP contribution >= 0.6 is 0 Å². The van der Waals surface area contributed by atoms with Gasteiger partial charge in [0.15, 0.2) is 0 Å². The second kappa shape index (κ2) is 1.73. The Bertz CT molecular complexity index is 174. The molecule has 0 saturated heterocycles. The molecule has 0 heterocycles. The van der Waals surface area contributed by atoms with E-state index in [2.05, 4.69) is 25.2 Å². The smallest absolute Gasteiger partial charge is 0.00144 e. The van der Waals surface area contributed by atoms with E-state index in [1.165, 1.54) is 12.8 Å². The van der Waals surface area contributed by atoms with Crippen LogP contribution in [0.15, 0.2) is 23.8 Å². The Labute approximate surface area is 56.3 Å². The normalized spacial score (nSPS) is 37.7. The molecule has 0 aromatic heterocycles. The quantitative estimate of drug-likeness (QED) is 0.466. The standard InChI is InChI=1S/C9H12/c1-2-8-5-7-3-4-9(8)6-7/h3-5,7,9H,2,6H2,1H3/t7-,9-/m0/s1. The SMILES string of the molecule is CCC1=C[C@@H]2C=C[C@H]1C2. The van der Waals surface area contributed by atoms with Gasteiger partial charge in [0.25, 0.3) is 0 Å². The van der Waals surface area contributed by atoms with E-state index in [-0.39, 0.29) is 0 Å². The Hall–Kier alpha value is -0.520. The number of rotatable bonds is 1. The van der Waals surface area contributed by atoms with Gasteiger partial charge in [0, 0.05) is 0 Å². The van der Waals surface area contributed by atoms with E-state index in [1.807, 2.05) is 0 Å². The van der Waals surface area contributed by atoms with Gasteiger partial charge in [0.1, 0.15) is 0 Å². The second-order valence-corrected chi connectivity index (χ2v) is 2.99. The van der Waals surface area contributed by atoms with Crippen molar-refractivity contribution in [1.29, 1.82) is 0 Å². The van der Waals surface area contributed by atoms with Gasteiger partial charge in [-0.15, -0.1) is 0 Å². The molecule has 0 heteroatoms. The molecule has 0 nitrogen and oxygen atoms in total. The zero-order chi connectivity index (χ0) is 6.27. The van der Waals surface area contributed by atoms with Crippen molar-refractivity contribution in [3.63, 3.8) is 0 Å². The molecule has 2 aliphatic carbocycles. The lowest BCUT2D eigenvalue weighted by Crippen LogP contribution is -1.90. The summed E-state index contributed by atoms with van der Waals surface area (Å²) in [5.74, 6) is 1.64. The van der Waals surface area contributed by atoms with Crippen LogP contribution < -0.4 is 0 Å². The Kier molecular flexibility index (Phi) is 1.01. The van der Waals surface area contributed by atoms with Gasteiger partial charge in [-0.3, -0.25) is 0 Å². The van der Waals surface area contributed by atoms with Gasteiger partial charge in [-0.1, -0.05) is 30.7 Å². The van der Waals surface area contributed by atoms with E-state index in [1.54, 1.807) is 5.57 Å². The third-order valence-corrected chi connectivity index (χ3v) is 2.43. The van der Waals surface area contributed by atoms with Gasteiger partial charge in [0.2, 0.25) is 0 Å². The topological polar surface area (TPSA) is 0 Å². The third kappa shape index (κ3) is 0.658. The fraction of sp³-hybridized carbons (Fsp3) is 0.556. The van der Waals surface area contributed by atoms with Crippen molar-refractivity contribution in [2.75, 3.05) is 0 Å². The minimum Gasteiger partial charge on any atom is -0.0810 e. The van der Waals surface area contributed by atoms with E-state index in [9.17, 15) is 0 Å². The molecule has 2 rings (SSSR count). The van der Waals surface area contributed by atoms with Crippen LogP contribution in [0.2, 0.25) is 0 Å².